The average Bonchev–Trinajstić information content (AvgIpc) is 2.34. The van der Waals surface area contributed by atoms with Crippen molar-refractivity contribution in [3.63, 3.8) is 0 Å². The summed E-state index contributed by atoms with van der Waals surface area (Å²) in [6, 6.07) is 0. The zero-order chi connectivity index (χ0) is 16.5. The second kappa shape index (κ2) is 9.61. The molecule has 0 heterocycles. The molecule has 0 saturated carbocycles. The summed E-state index contributed by atoms with van der Waals surface area (Å²) < 4.78 is 61.0. The van der Waals surface area contributed by atoms with Crippen LogP contribution in [0.1, 0.15) is 32.1 Å². The molecule has 0 rings (SSSR count). The summed E-state index contributed by atoms with van der Waals surface area (Å²) in [5.74, 6) is -5.43. The average molecular weight is 335 g/mol. The first kappa shape index (κ1) is 20.6. The maximum atomic E-state index is 12.6. The van der Waals surface area contributed by atoms with E-state index in [1.54, 1.807) is 11.8 Å². The molecule has 0 aromatic carbocycles. The van der Waals surface area contributed by atoms with E-state index in [0.29, 0.717) is 6.42 Å². The van der Waals surface area contributed by atoms with Gasteiger partial charge in [-0.25, -0.2) is 0 Å². The molecule has 0 N–H and O–H groups in total. The fourth-order valence-electron chi connectivity index (χ4n) is 1.57. The van der Waals surface area contributed by atoms with E-state index in [-0.39, 0.29) is 6.42 Å². The summed E-state index contributed by atoms with van der Waals surface area (Å²) >= 11 is 1.72. The Morgan fingerprint density at radius 2 is 1.52 bits per heavy atom. The molecule has 0 bridgehead atoms. The van der Waals surface area contributed by atoms with Gasteiger partial charge in [-0.15, -0.1) is 0 Å². The van der Waals surface area contributed by atoms with Crippen LogP contribution < -0.4 is 0 Å². The third kappa shape index (κ3) is 8.60. The van der Waals surface area contributed by atoms with E-state index in [0.717, 1.165) is 30.9 Å². The third-order valence-electron chi connectivity index (χ3n) is 2.79. The van der Waals surface area contributed by atoms with Crippen LogP contribution in [0.15, 0.2) is 0 Å². The van der Waals surface area contributed by atoms with Crippen molar-refractivity contribution in [3.8, 4) is 0 Å². The largest absolute Gasteiger partial charge is 0.461 e. The minimum atomic E-state index is -5.79. The van der Waals surface area contributed by atoms with Gasteiger partial charge in [0.2, 0.25) is 5.78 Å². The minimum Gasteiger partial charge on any atom is -0.309 e. The van der Waals surface area contributed by atoms with Crippen molar-refractivity contribution in [1.29, 1.82) is 0 Å². The van der Waals surface area contributed by atoms with Gasteiger partial charge < -0.3 is 4.90 Å². The Kier molecular flexibility index (Phi) is 9.44. The molecular weight excluding hydrogens is 313 g/mol. The van der Waals surface area contributed by atoms with Gasteiger partial charge in [0, 0.05) is 6.42 Å². The van der Waals surface area contributed by atoms with Crippen molar-refractivity contribution >= 4 is 17.5 Å². The predicted molar refractivity (Wildman–Crippen MR) is 75.0 cm³/mol. The molecule has 0 aromatic rings. The zero-order valence-electron chi connectivity index (χ0n) is 12.3. The van der Waals surface area contributed by atoms with Crippen LogP contribution in [0.25, 0.3) is 0 Å². The fourth-order valence-corrected chi connectivity index (χ4v) is 2.51. The van der Waals surface area contributed by atoms with Gasteiger partial charge in [-0.2, -0.15) is 33.7 Å². The van der Waals surface area contributed by atoms with Crippen LogP contribution in [0.5, 0.6) is 0 Å². The van der Waals surface area contributed by atoms with Crippen molar-refractivity contribution in [1.82, 2.24) is 4.90 Å². The molecule has 0 aliphatic heterocycles. The van der Waals surface area contributed by atoms with Crippen molar-refractivity contribution in [3.05, 3.63) is 0 Å². The van der Waals surface area contributed by atoms with Crippen LogP contribution in [0, 0.1) is 0 Å². The predicted octanol–water partition coefficient (Wildman–Crippen LogP) is 4.00. The lowest BCUT2D eigenvalue weighted by molar-refractivity contribution is -0.268. The second-order valence-electron chi connectivity index (χ2n) is 5.08. The Hall–Kier alpha value is -0.370. The molecule has 0 unspecified atom stereocenters. The van der Waals surface area contributed by atoms with Gasteiger partial charge in [-0.1, -0.05) is 6.42 Å². The molecule has 0 fully saturated rings. The molecule has 0 aromatic heterocycles. The van der Waals surface area contributed by atoms with E-state index in [9.17, 15) is 26.7 Å². The van der Waals surface area contributed by atoms with Gasteiger partial charge >= 0.3 is 12.1 Å². The summed E-state index contributed by atoms with van der Waals surface area (Å²) in [6.45, 7) is 0.994. The smallest absolute Gasteiger partial charge is 0.309 e. The van der Waals surface area contributed by atoms with E-state index < -0.39 is 24.3 Å². The molecule has 21 heavy (non-hydrogen) atoms. The van der Waals surface area contributed by atoms with Crippen LogP contribution in [0.3, 0.4) is 0 Å². The Bertz CT molecular complexity index is 307. The topological polar surface area (TPSA) is 20.3 Å². The lowest BCUT2D eigenvalue weighted by Crippen LogP contribution is -2.43. The number of carbonyl (C=O) groups excluding carboxylic acids is 1. The van der Waals surface area contributed by atoms with Crippen LogP contribution in [0.4, 0.5) is 22.0 Å². The minimum absolute atomic E-state index is 0.0722. The monoisotopic (exact) mass is 335 g/mol. The first-order valence-corrected chi connectivity index (χ1v) is 7.95. The number of nitrogens with zero attached hydrogens (tertiary/aromatic N) is 1. The van der Waals surface area contributed by atoms with E-state index >= 15 is 0 Å². The number of unbranched alkanes of at least 4 members (excludes halogenated alkanes) is 2. The van der Waals surface area contributed by atoms with E-state index in [4.69, 9.17) is 0 Å². The summed E-state index contributed by atoms with van der Waals surface area (Å²) in [4.78, 5) is 12.9. The first-order chi connectivity index (χ1) is 9.59. The Balaban J connectivity index is 3.62. The van der Waals surface area contributed by atoms with E-state index in [1.165, 1.54) is 0 Å². The first-order valence-electron chi connectivity index (χ1n) is 6.79. The number of alkyl halides is 5. The maximum Gasteiger partial charge on any atom is 0.461 e. The van der Waals surface area contributed by atoms with Crippen molar-refractivity contribution in [2.75, 3.05) is 32.1 Å². The number of hydrogen-bond acceptors (Lipinski definition) is 3. The van der Waals surface area contributed by atoms with E-state index in [1.807, 2.05) is 14.1 Å². The Morgan fingerprint density at radius 3 is 2.05 bits per heavy atom. The summed E-state index contributed by atoms with van der Waals surface area (Å²) in [5.41, 5.74) is 0. The molecule has 0 saturated heterocycles. The molecule has 0 spiro atoms. The molecule has 0 atom stereocenters. The normalized spacial score (nSPS) is 13.0. The molecule has 2 nitrogen and oxygen atoms in total. The summed E-state index contributed by atoms with van der Waals surface area (Å²) in [7, 11) is 3.97. The van der Waals surface area contributed by atoms with E-state index in [2.05, 4.69) is 4.90 Å². The van der Waals surface area contributed by atoms with Gasteiger partial charge in [0.05, 0.1) is 0 Å². The highest BCUT2D eigenvalue weighted by Gasteiger charge is 2.62. The number of rotatable bonds is 11. The highest BCUT2D eigenvalue weighted by molar-refractivity contribution is 7.99. The lowest BCUT2D eigenvalue weighted by atomic mass is 10.1. The van der Waals surface area contributed by atoms with Crippen LogP contribution in [-0.2, 0) is 4.79 Å². The van der Waals surface area contributed by atoms with Gasteiger partial charge in [-0.05, 0) is 51.4 Å². The molecule has 8 heteroatoms. The molecule has 126 valence electrons. The highest BCUT2D eigenvalue weighted by atomic mass is 32.2. The zero-order valence-corrected chi connectivity index (χ0v) is 13.1. The van der Waals surface area contributed by atoms with Crippen molar-refractivity contribution in [2.45, 2.75) is 44.2 Å². The number of carbonyl (C=O) groups is 1. The molecule has 0 aliphatic rings. The van der Waals surface area contributed by atoms with Crippen LogP contribution in [-0.4, -0.2) is 54.9 Å². The second-order valence-corrected chi connectivity index (χ2v) is 6.30. The molecule has 0 radical (unpaired) electrons. The fraction of sp³-hybridized carbons (Fsp3) is 0.923. The maximum absolute atomic E-state index is 12.6. The number of halogens is 5. The lowest BCUT2D eigenvalue weighted by Gasteiger charge is -2.17. The van der Waals surface area contributed by atoms with Crippen molar-refractivity contribution < 1.29 is 26.7 Å². The summed E-state index contributed by atoms with van der Waals surface area (Å²) in [5, 5.41) is 0. The van der Waals surface area contributed by atoms with Gasteiger partial charge in [0.1, 0.15) is 0 Å². The quantitative estimate of drug-likeness (QED) is 0.420. The molecular formula is C13H22F5NOS. The Labute approximate surface area is 126 Å². The summed E-state index contributed by atoms with van der Waals surface area (Å²) in [6.07, 6.45) is -4.18. The number of ketones is 1. The number of Topliss-reactive ketones (excluding diaryl/α,β-unsaturated/α-hetero) is 1. The Morgan fingerprint density at radius 1 is 0.952 bits per heavy atom. The third-order valence-corrected chi connectivity index (χ3v) is 3.95. The van der Waals surface area contributed by atoms with Crippen LogP contribution in [0.2, 0.25) is 0 Å². The van der Waals surface area contributed by atoms with Crippen LogP contribution >= 0.6 is 11.8 Å². The highest BCUT2D eigenvalue weighted by Crippen LogP contribution is 2.37. The molecule has 0 aliphatic carbocycles. The van der Waals surface area contributed by atoms with Gasteiger partial charge in [0.25, 0.3) is 0 Å². The SMILES string of the molecule is CN(C)CCCSCCCCCC(=O)C(F)(F)C(F)(F)F. The number of thioether (sulfide) groups is 1. The number of hydrogen-bond donors (Lipinski definition) is 0. The standard InChI is InChI=1S/C13H22F5NOS/c1-19(2)8-6-10-21-9-5-3-4-7-11(20)12(14,15)13(16,17)18/h3-10H2,1-2H3. The molecule has 0 amide bonds. The van der Waals surface area contributed by atoms with Crippen molar-refractivity contribution in [2.24, 2.45) is 0 Å². The van der Waals surface area contributed by atoms with Gasteiger partial charge in [-0.3, -0.25) is 4.79 Å². The van der Waals surface area contributed by atoms with Gasteiger partial charge in [0.15, 0.2) is 0 Å².